The standard InChI is InChI=1S/C34H46N4O16S/c1-20(40)49-19-27-29(50-21(2)41)30(51-22(3)42)31(52-23(4)43)34(54-27)53-26-6-5-24(18-39)32-25(26)17-28(55-32)33(44)36-7-9-45-11-13-47-15-16-48-14-12-46-10-8-37-38-35/h5-6,17,27,29-31,34,39H,7-16,18-19H2,1-4H3,(H,36,44)/t27-,29+,30+,31-,34-/m1/s1. The van der Waals surface area contributed by atoms with Gasteiger partial charge in [-0.15, -0.1) is 11.3 Å². The van der Waals surface area contributed by atoms with Crippen LogP contribution in [0.15, 0.2) is 23.3 Å². The van der Waals surface area contributed by atoms with Gasteiger partial charge in [-0.2, -0.15) is 0 Å². The van der Waals surface area contributed by atoms with Gasteiger partial charge in [0, 0.05) is 55.8 Å². The zero-order chi connectivity index (χ0) is 40.2. The molecular formula is C34H46N4O16S. The number of carbonyl (C=O) groups excluding carboxylic acids is 5. The molecule has 1 aliphatic heterocycles. The topological polar surface area (TPSA) is 259 Å². The molecule has 55 heavy (non-hydrogen) atoms. The van der Waals surface area contributed by atoms with E-state index in [2.05, 4.69) is 15.3 Å². The highest BCUT2D eigenvalue weighted by molar-refractivity contribution is 7.21. The predicted molar refractivity (Wildman–Crippen MR) is 190 cm³/mol. The zero-order valence-electron chi connectivity index (χ0n) is 30.9. The van der Waals surface area contributed by atoms with Gasteiger partial charge in [0.2, 0.25) is 12.4 Å². The quantitative estimate of drug-likeness (QED) is 0.0384. The van der Waals surface area contributed by atoms with E-state index < -0.39 is 67.1 Å². The molecule has 1 aromatic carbocycles. The van der Waals surface area contributed by atoms with Crippen LogP contribution in [0.4, 0.5) is 0 Å². The Morgan fingerprint density at radius 1 is 0.818 bits per heavy atom. The van der Waals surface area contributed by atoms with E-state index in [9.17, 15) is 29.1 Å². The summed E-state index contributed by atoms with van der Waals surface area (Å²) in [5.41, 5.74) is 8.70. The minimum atomic E-state index is -1.50. The fourth-order valence-electron chi connectivity index (χ4n) is 5.14. The number of nitrogens with zero attached hydrogens (tertiary/aromatic N) is 3. The molecular weight excluding hydrogens is 752 g/mol. The number of ether oxygens (including phenoxy) is 10. The van der Waals surface area contributed by atoms with Crippen LogP contribution in [0.3, 0.4) is 0 Å². The molecule has 1 amide bonds. The van der Waals surface area contributed by atoms with Crippen molar-refractivity contribution in [1.82, 2.24) is 5.32 Å². The Labute approximate surface area is 320 Å². The van der Waals surface area contributed by atoms with Crippen LogP contribution in [0, 0.1) is 0 Å². The van der Waals surface area contributed by atoms with Gasteiger partial charge in [0.25, 0.3) is 5.91 Å². The maximum Gasteiger partial charge on any atom is 0.303 e. The minimum Gasteiger partial charge on any atom is -0.463 e. The number of aliphatic hydroxyl groups is 1. The average molecular weight is 799 g/mol. The van der Waals surface area contributed by atoms with Crippen molar-refractivity contribution in [2.75, 3.05) is 72.6 Å². The highest BCUT2D eigenvalue weighted by Crippen LogP contribution is 2.38. The first-order chi connectivity index (χ1) is 26.4. The first-order valence-electron chi connectivity index (χ1n) is 17.2. The minimum absolute atomic E-state index is 0.146. The maximum atomic E-state index is 13.1. The Morgan fingerprint density at radius 3 is 1.98 bits per heavy atom. The Hall–Kier alpha value is -4.60. The van der Waals surface area contributed by atoms with Gasteiger partial charge in [-0.3, -0.25) is 24.0 Å². The van der Waals surface area contributed by atoms with Crippen molar-refractivity contribution >= 4 is 51.2 Å². The van der Waals surface area contributed by atoms with Crippen LogP contribution in [0.25, 0.3) is 20.5 Å². The van der Waals surface area contributed by atoms with Gasteiger partial charge >= 0.3 is 23.9 Å². The van der Waals surface area contributed by atoms with Gasteiger partial charge in [-0.05, 0) is 23.2 Å². The molecule has 0 unspecified atom stereocenters. The lowest BCUT2D eigenvalue weighted by Crippen LogP contribution is -2.63. The van der Waals surface area contributed by atoms with E-state index in [1.54, 1.807) is 12.1 Å². The second kappa shape index (κ2) is 24.0. The summed E-state index contributed by atoms with van der Waals surface area (Å²) in [6, 6.07) is 4.65. The molecule has 2 aromatic rings. The molecule has 2 N–H and O–H groups in total. The number of benzene rings is 1. The Balaban J connectivity index is 1.64. The number of hydrogen-bond donors (Lipinski definition) is 2. The molecule has 21 heteroatoms. The molecule has 0 saturated carbocycles. The monoisotopic (exact) mass is 798 g/mol. The van der Waals surface area contributed by atoms with Crippen LogP contribution in [0.2, 0.25) is 0 Å². The zero-order valence-corrected chi connectivity index (χ0v) is 31.7. The van der Waals surface area contributed by atoms with Crippen molar-refractivity contribution in [2.24, 2.45) is 5.11 Å². The number of fused-ring (bicyclic) bond motifs is 1. The lowest BCUT2D eigenvalue weighted by atomic mass is 9.98. The van der Waals surface area contributed by atoms with Gasteiger partial charge in [-0.1, -0.05) is 11.2 Å². The second-order valence-electron chi connectivity index (χ2n) is 11.6. The number of nitrogens with one attached hydrogen (secondary N) is 1. The van der Waals surface area contributed by atoms with E-state index >= 15 is 0 Å². The summed E-state index contributed by atoms with van der Waals surface area (Å²) in [5, 5.41) is 16.6. The Morgan fingerprint density at radius 2 is 1.40 bits per heavy atom. The number of hydrogen-bond acceptors (Lipinski definition) is 18. The summed E-state index contributed by atoms with van der Waals surface area (Å²) in [4.78, 5) is 64.2. The summed E-state index contributed by atoms with van der Waals surface area (Å²) in [6.45, 7) is 6.81. The second-order valence-corrected chi connectivity index (χ2v) is 12.6. The molecule has 1 aromatic heterocycles. The van der Waals surface area contributed by atoms with Crippen molar-refractivity contribution in [2.45, 2.75) is 65.0 Å². The molecule has 1 saturated heterocycles. The highest BCUT2D eigenvalue weighted by Gasteiger charge is 2.53. The van der Waals surface area contributed by atoms with E-state index in [-0.39, 0.29) is 36.9 Å². The number of esters is 4. The van der Waals surface area contributed by atoms with Crippen LogP contribution in [0.1, 0.15) is 42.9 Å². The predicted octanol–water partition coefficient (Wildman–Crippen LogP) is 1.96. The molecule has 1 aliphatic rings. The van der Waals surface area contributed by atoms with Crippen LogP contribution in [0.5, 0.6) is 5.75 Å². The molecule has 0 aliphatic carbocycles. The largest absolute Gasteiger partial charge is 0.463 e. The number of azide groups is 1. The van der Waals surface area contributed by atoms with Crippen molar-refractivity contribution in [1.29, 1.82) is 0 Å². The van der Waals surface area contributed by atoms with Crippen LogP contribution >= 0.6 is 11.3 Å². The first-order valence-corrected chi connectivity index (χ1v) is 18.0. The third-order valence-electron chi connectivity index (χ3n) is 7.36. The smallest absolute Gasteiger partial charge is 0.303 e. The third-order valence-corrected chi connectivity index (χ3v) is 8.57. The van der Waals surface area contributed by atoms with Gasteiger partial charge in [0.15, 0.2) is 12.2 Å². The number of carbonyl (C=O) groups is 5. The molecule has 5 atom stereocenters. The van der Waals surface area contributed by atoms with Crippen LogP contribution in [-0.2, 0) is 68.4 Å². The average Bonchev–Trinajstić information content (AvgIpc) is 3.59. The van der Waals surface area contributed by atoms with Gasteiger partial charge < -0.3 is 57.8 Å². The normalized spacial score (nSPS) is 19.2. The van der Waals surface area contributed by atoms with Gasteiger partial charge in [0.05, 0.1) is 64.3 Å². The lowest BCUT2D eigenvalue weighted by molar-refractivity contribution is -0.288. The van der Waals surface area contributed by atoms with Crippen molar-refractivity contribution < 1.29 is 76.4 Å². The number of thiophene rings is 1. The molecule has 0 bridgehead atoms. The van der Waals surface area contributed by atoms with E-state index in [1.165, 1.54) is 6.07 Å². The SMILES string of the molecule is CC(=O)OC[C@H]1O[C@@H](Oc2ccc(CO)c3sc(C(=O)NCCOCCOCCOCCOCCN=[N+]=[N-])cc23)[C@H](OC(C)=O)[C@@H](OC(C)=O)[C@H]1OC(C)=O. The van der Waals surface area contributed by atoms with E-state index in [0.717, 1.165) is 39.0 Å². The van der Waals surface area contributed by atoms with Crippen molar-refractivity contribution in [3.8, 4) is 5.75 Å². The fourth-order valence-corrected chi connectivity index (χ4v) is 6.23. The van der Waals surface area contributed by atoms with Crippen LogP contribution in [-0.4, -0.2) is 138 Å². The number of aliphatic hydroxyl groups excluding tert-OH is 1. The van der Waals surface area contributed by atoms with E-state index in [1.807, 2.05) is 0 Å². The lowest BCUT2D eigenvalue weighted by Gasteiger charge is -2.44. The fraction of sp³-hybridized carbons (Fsp3) is 0.618. The van der Waals surface area contributed by atoms with Crippen molar-refractivity contribution in [3.05, 3.63) is 39.1 Å². The number of rotatable bonds is 24. The highest BCUT2D eigenvalue weighted by atomic mass is 32.1. The molecule has 2 heterocycles. The summed E-state index contributed by atoms with van der Waals surface area (Å²) in [6.07, 6.45) is -7.01. The first kappa shape index (κ1) is 44.8. The van der Waals surface area contributed by atoms with E-state index in [4.69, 9.17) is 52.9 Å². The third kappa shape index (κ3) is 15.2. The Kier molecular flexibility index (Phi) is 19.6. The molecule has 0 spiro atoms. The van der Waals surface area contributed by atoms with Crippen LogP contribution < -0.4 is 10.1 Å². The summed E-state index contributed by atoms with van der Waals surface area (Å²) >= 11 is 1.10. The van der Waals surface area contributed by atoms with E-state index in [0.29, 0.717) is 61.9 Å². The summed E-state index contributed by atoms with van der Waals surface area (Å²) in [5.74, 6) is -3.30. The molecule has 304 valence electrons. The number of amides is 1. The Bertz CT molecular complexity index is 1630. The van der Waals surface area contributed by atoms with Gasteiger partial charge in [0.1, 0.15) is 18.5 Å². The van der Waals surface area contributed by atoms with Crippen molar-refractivity contribution in [3.63, 3.8) is 0 Å². The molecule has 0 radical (unpaired) electrons. The summed E-state index contributed by atoms with van der Waals surface area (Å²) in [7, 11) is 0. The maximum absolute atomic E-state index is 13.1. The molecule has 3 rings (SSSR count). The summed E-state index contributed by atoms with van der Waals surface area (Å²) < 4.78 is 55.9. The molecule has 20 nitrogen and oxygen atoms in total. The van der Waals surface area contributed by atoms with Gasteiger partial charge in [-0.25, -0.2) is 0 Å². The molecule has 1 fully saturated rings.